The van der Waals surface area contributed by atoms with Gasteiger partial charge in [0.05, 0.1) is 5.92 Å². The number of carboxylic acids is 1. The van der Waals surface area contributed by atoms with Crippen LogP contribution >= 0.6 is 0 Å². The zero-order valence-electron chi connectivity index (χ0n) is 15.0. The maximum Gasteiger partial charge on any atom is 0.227 e. The zero-order valence-corrected chi connectivity index (χ0v) is 15.0. The Bertz CT molecular complexity index is 805. The van der Waals surface area contributed by atoms with Crippen LogP contribution in [0, 0.1) is 23.7 Å². The highest BCUT2D eigenvalue weighted by Gasteiger charge is 2.49. The van der Waals surface area contributed by atoms with Gasteiger partial charge in [-0.2, -0.15) is 0 Å². The van der Waals surface area contributed by atoms with Gasteiger partial charge in [0, 0.05) is 25.0 Å². The van der Waals surface area contributed by atoms with Crippen molar-refractivity contribution in [2.75, 3.05) is 0 Å². The summed E-state index contributed by atoms with van der Waals surface area (Å²) < 4.78 is 0. The van der Waals surface area contributed by atoms with Crippen LogP contribution in [0.2, 0.25) is 0 Å². The molecule has 2 aromatic carbocycles. The molecular weight excluding hydrogens is 338 g/mol. The molecule has 1 fully saturated rings. The molecule has 0 spiro atoms. The van der Waals surface area contributed by atoms with E-state index < -0.39 is 17.8 Å². The summed E-state index contributed by atoms with van der Waals surface area (Å²) in [6.07, 6.45) is 4.68. The van der Waals surface area contributed by atoms with Crippen molar-refractivity contribution in [1.82, 2.24) is 4.90 Å². The number of allylic oxidation sites excluding steroid dienone is 2. The Morgan fingerprint density at radius 3 is 1.78 bits per heavy atom. The van der Waals surface area contributed by atoms with Crippen LogP contribution < -0.4 is 5.11 Å². The maximum absolute atomic E-state index is 13.5. The highest BCUT2D eigenvalue weighted by atomic mass is 16.4. The van der Waals surface area contributed by atoms with E-state index in [0.717, 1.165) is 17.5 Å². The lowest BCUT2D eigenvalue weighted by Crippen LogP contribution is -2.46. The summed E-state index contributed by atoms with van der Waals surface area (Å²) in [6, 6.07) is 19.6. The van der Waals surface area contributed by atoms with Crippen molar-refractivity contribution in [2.45, 2.75) is 19.5 Å². The lowest BCUT2D eigenvalue weighted by molar-refractivity contribution is -0.313. The lowest BCUT2D eigenvalue weighted by atomic mass is 9.82. The molecule has 27 heavy (non-hydrogen) atoms. The Hall–Kier alpha value is -2.88. The van der Waals surface area contributed by atoms with Crippen molar-refractivity contribution < 1.29 is 14.7 Å². The molecule has 0 aliphatic heterocycles. The normalized spacial score (nSPS) is 25.5. The summed E-state index contributed by atoms with van der Waals surface area (Å²) in [7, 11) is 0. The number of fused-ring (bicyclic) bond motifs is 2. The summed E-state index contributed by atoms with van der Waals surface area (Å²) in [5.74, 6) is -2.53. The van der Waals surface area contributed by atoms with Crippen molar-refractivity contribution in [3.63, 3.8) is 0 Å². The number of rotatable bonds is 6. The fourth-order valence-electron chi connectivity index (χ4n) is 4.51. The molecule has 2 bridgehead atoms. The zero-order chi connectivity index (χ0) is 18.8. The van der Waals surface area contributed by atoms with Gasteiger partial charge in [0.2, 0.25) is 5.91 Å². The van der Waals surface area contributed by atoms with Gasteiger partial charge >= 0.3 is 0 Å². The first-order valence-electron chi connectivity index (χ1n) is 9.39. The maximum atomic E-state index is 13.5. The fraction of sp³-hybridized carbons (Fsp3) is 0.304. The number of amides is 1. The highest BCUT2D eigenvalue weighted by molar-refractivity contribution is 5.86. The third kappa shape index (κ3) is 3.52. The molecular formula is C23H22NO3-. The number of carbonyl (C=O) groups excluding carboxylic acids is 2. The molecule has 2 aliphatic rings. The summed E-state index contributed by atoms with van der Waals surface area (Å²) in [4.78, 5) is 27.0. The topological polar surface area (TPSA) is 60.4 Å². The highest BCUT2D eigenvalue weighted by Crippen LogP contribution is 2.48. The second-order valence-corrected chi connectivity index (χ2v) is 7.48. The van der Waals surface area contributed by atoms with E-state index in [0.29, 0.717) is 13.1 Å². The van der Waals surface area contributed by atoms with Crippen LogP contribution in [0.5, 0.6) is 0 Å². The Kier molecular flexibility index (Phi) is 4.80. The number of carboxylic acid groups (broad SMARTS) is 1. The molecule has 2 aromatic rings. The van der Waals surface area contributed by atoms with Crippen molar-refractivity contribution in [1.29, 1.82) is 0 Å². The molecule has 4 nitrogen and oxygen atoms in total. The Labute approximate surface area is 159 Å². The van der Waals surface area contributed by atoms with E-state index in [2.05, 4.69) is 0 Å². The summed E-state index contributed by atoms with van der Waals surface area (Å²) in [5, 5.41) is 11.7. The largest absolute Gasteiger partial charge is 0.550 e. The average Bonchev–Trinajstić information content (AvgIpc) is 3.30. The summed E-state index contributed by atoms with van der Waals surface area (Å²) >= 11 is 0. The SMILES string of the molecule is O=C([O-])[C@H]1[C@H](C(=O)N(Cc2ccccc2)Cc2ccccc2)[C@H]2C=C[C@@H]1C2. The van der Waals surface area contributed by atoms with Crippen molar-refractivity contribution in [3.05, 3.63) is 83.9 Å². The van der Waals surface area contributed by atoms with E-state index in [1.807, 2.05) is 72.8 Å². The molecule has 0 N–H and O–H groups in total. The van der Waals surface area contributed by atoms with Crippen LogP contribution in [0.4, 0.5) is 0 Å². The number of aliphatic carboxylic acids is 1. The van der Waals surface area contributed by atoms with Gasteiger partial charge in [0.1, 0.15) is 0 Å². The van der Waals surface area contributed by atoms with E-state index in [-0.39, 0.29) is 17.7 Å². The Morgan fingerprint density at radius 1 is 0.815 bits per heavy atom. The molecule has 2 aliphatic carbocycles. The van der Waals surface area contributed by atoms with Gasteiger partial charge < -0.3 is 14.8 Å². The van der Waals surface area contributed by atoms with E-state index in [1.165, 1.54) is 0 Å². The van der Waals surface area contributed by atoms with Crippen LogP contribution in [-0.4, -0.2) is 16.8 Å². The quantitative estimate of drug-likeness (QED) is 0.743. The third-order valence-corrected chi connectivity index (χ3v) is 5.76. The smallest absolute Gasteiger partial charge is 0.227 e. The van der Waals surface area contributed by atoms with Crippen LogP contribution in [-0.2, 0) is 22.7 Å². The van der Waals surface area contributed by atoms with E-state index in [1.54, 1.807) is 4.90 Å². The predicted octanol–water partition coefficient (Wildman–Crippen LogP) is 2.40. The van der Waals surface area contributed by atoms with Gasteiger partial charge in [-0.05, 0) is 29.4 Å². The van der Waals surface area contributed by atoms with Crippen LogP contribution in [0.25, 0.3) is 0 Å². The van der Waals surface area contributed by atoms with Crippen molar-refractivity contribution >= 4 is 11.9 Å². The van der Waals surface area contributed by atoms with Gasteiger partial charge in [0.15, 0.2) is 0 Å². The predicted molar refractivity (Wildman–Crippen MR) is 99.9 cm³/mol. The molecule has 0 heterocycles. The number of nitrogens with zero attached hydrogens (tertiary/aromatic N) is 1. The fourth-order valence-corrected chi connectivity index (χ4v) is 4.51. The number of carbonyl (C=O) groups is 2. The average molecular weight is 360 g/mol. The van der Waals surface area contributed by atoms with Gasteiger partial charge in [-0.25, -0.2) is 0 Å². The van der Waals surface area contributed by atoms with Crippen LogP contribution in [0.15, 0.2) is 72.8 Å². The lowest BCUT2D eigenvalue weighted by Gasteiger charge is -2.33. The standard InChI is InChI=1S/C23H23NO3/c25-22(20-18-11-12-19(13-18)21(20)23(26)27)24(14-16-7-3-1-4-8-16)15-17-9-5-2-6-10-17/h1-12,18-21H,13-15H2,(H,26,27)/p-1/t18-,19+,20+,21+/m0/s1. The molecule has 4 atom stereocenters. The molecule has 4 rings (SSSR count). The van der Waals surface area contributed by atoms with Crippen molar-refractivity contribution in [3.8, 4) is 0 Å². The first-order chi connectivity index (χ1) is 13.1. The van der Waals surface area contributed by atoms with Gasteiger partial charge in [-0.3, -0.25) is 4.79 Å². The van der Waals surface area contributed by atoms with E-state index >= 15 is 0 Å². The van der Waals surface area contributed by atoms with Crippen LogP contribution in [0.1, 0.15) is 17.5 Å². The van der Waals surface area contributed by atoms with Gasteiger partial charge in [0.25, 0.3) is 0 Å². The second kappa shape index (κ2) is 7.39. The minimum atomic E-state index is -1.11. The molecule has 4 heteroatoms. The summed E-state index contributed by atoms with van der Waals surface area (Å²) in [5.41, 5.74) is 2.07. The third-order valence-electron chi connectivity index (χ3n) is 5.76. The molecule has 138 valence electrons. The Morgan fingerprint density at radius 2 is 1.30 bits per heavy atom. The second-order valence-electron chi connectivity index (χ2n) is 7.48. The minimum Gasteiger partial charge on any atom is -0.550 e. The molecule has 1 saturated carbocycles. The number of benzene rings is 2. The first-order valence-corrected chi connectivity index (χ1v) is 9.39. The van der Waals surface area contributed by atoms with Crippen molar-refractivity contribution in [2.24, 2.45) is 23.7 Å². The van der Waals surface area contributed by atoms with Crippen LogP contribution in [0.3, 0.4) is 0 Å². The Balaban J connectivity index is 1.62. The first kappa shape index (κ1) is 17.5. The van der Waals surface area contributed by atoms with E-state index in [4.69, 9.17) is 0 Å². The minimum absolute atomic E-state index is 0.000512. The molecule has 0 saturated heterocycles. The summed E-state index contributed by atoms with van der Waals surface area (Å²) in [6.45, 7) is 0.928. The molecule has 0 aromatic heterocycles. The molecule has 0 unspecified atom stereocenters. The molecule has 0 radical (unpaired) electrons. The van der Waals surface area contributed by atoms with Gasteiger partial charge in [-0.15, -0.1) is 0 Å². The molecule has 1 amide bonds. The monoisotopic (exact) mass is 360 g/mol. The number of hydrogen-bond donors (Lipinski definition) is 0. The van der Waals surface area contributed by atoms with Gasteiger partial charge in [-0.1, -0.05) is 72.8 Å². The van der Waals surface area contributed by atoms with E-state index in [9.17, 15) is 14.7 Å². The number of hydrogen-bond acceptors (Lipinski definition) is 3.